The topological polar surface area (TPSA) is 93.8 Å². The minimum absolute atomic E-state index is 0.175. The van der Waals surface area contributed by atoms with Gasteiger partial charge in [0.1, 0.15) is 18.9 Å². The number of methoxy groups -OCH3 is 1. The molecule has 0 aliphatic carbocycles. The Morgan fingerprint density at radius 2 is 1.95 bits per heavy atom. The maximum Gasteiger partial charge on any atom is 0.406 e. The number of carbonyl (C=O) groups is 1. The molecule has 2 heterocycles. The first-order chi connectivity index (χ1) is 19.7. The fourth-order valence-electron chi connectivity index (χ4n) is 4.87. The Hall–Kier alpha value is -3.53. The largest absolute Gasteiger partial charge is 0.495 e. The highest BCUT2D eigenvalue weighted by Crippen LogP contribution is 2.32. The van der Waals surface area contributed by atoms with E-state index in [2.05, 4.69) is 27.4 Å². The van der Waals surface area contributed by atoms with Crippen LogP contribution < -0.4 is 20.5 Å². The van der Waals surface area contributed by atoms with E-state index in [9.17, 15) is 18.0 Å². The number of esters is 1. The summed E-state index contributed by atoms with van der Waals surface area (Å²) in [5.74, 6) is 6.20. The number of hydrogen-bond acceptors (Lipinski definition) is 8. The van der Waals surface area contributed by atoms with E-state index in [4.69, 9.17) is 14.6 Å². The molecular weight excluding hydrogens is 555 g/mol. The number of likely N-dealkylation sites (tertiary alicyclic amines) is 1. The van der Waals surface area contributed by atoms with Crippen LogP contribution in [0.2, 0.25) is 0 Å². The van der Waals surface area contributed by atoms with Crippen molar-refractivity contribution < 1.29 is 27.4 Å². The molecule has 3 aromatic rings. The molecule has 1 saturated heterocycles. The number of nitrogens with zero attached hydrogens (tertiary/aromatic N) is 2. The van der Waals surface area contributed by atoms with Crippen molar-refractivity contribution in [1.82, 2.24) is 9.47 Å². The summed E-state index contributed by atoms with van der Waals surface area (Å²) in [5.41, 5.74) is 2.25. The number of ether oxygens (including phenoxy) is 2. The van der Waals surface area contributed by atoms with Crippen molar-refractivity contribution >= 4 is 40.2 Å². The van der Waals surface area contributed by atoms with E-state index in [0.29, 0.717) is 35.5 Å². The predicted molar refractivity (Wildman–Crippen MR) is 156 cm³/mol. The van der Waals surface area contributed by atoms with E-state index in [1.807, 2.05) is 18.2 Å². The number of aromatic nitrogens is 1. The number of halogens is 3. The lowest BCUT2D eigenvalue weighted by molar-refractivity contribution is -0.141. The Balaban J connectivity index is 1.49. The zero-order chi connectivity index (χ0) is 29.4. The highest BCUT2D eigenvalue weighted by Gasteiger charge is 2.30. The minimum atomic E-state index is -4.40. The smallest absolute Gasteiger partial charge is 0.406 e. The van der Waals surface area contributed by atoms with Crippen molar-refractivity contribution in [3.8, 4) is 17.6 Å². The summed E-state index contributed by atoms with van der Waals surface area (Å²) in [6, 6.07) is 12.7. The highest BCUT2D eigenvalue weighted by atomic mass is 32.2. The van der Waals surface area contributed by atoms with Gasteiger partial charge in [-0.3, -0.25) is 14.8 Å². The van der Waals surface area contributed by atoms with Crippen molar-refractivity contribution in [2.45, 2.75) is 43.4 Å². The lowest BCUT2D eigenvalue weighted by Gasteiger charge is -2.32. The van der Waals surface area contributed by atoms with Crippen LogP contribution >= 0.6 is 11.9 Å². The molecule has 0 spiro atoms. The number of benzene rings is 2. The molecule has 0 saturated carbocycles. The maximum absolute atomic E-state index is 13.6. The molecule has 220 valence electrons. The molecule has 8 nitrogen and oxygen atoms in total. The number of hydrogen-bond donors (Lipinski definition) is 3. The molecule has 12 heteroatoms. The van der Waals surface area contributed by atoms with Gasteiger partial charge in [-0.05, 0) is 67.1 Å². The highest BCUT2D eigenvalue weighted by molar-refractivity contribution is 7.97. The molecule has 4 rings (SSSR count). The van der Waals surface area contributed by atoms with E-state index in [0.717, 1.165) is 48.5 Å². The van der Waals surface area contributed by atoms with Crippen LogP contribution in [0.3, 0.4) is 0 Å². The summed E-state index contributed by atoms with van der Waals surface area (Å²) in [6.07, 6.45) is -2.67. The number of nitrogens with two attached hydrogens (primary N) is 1. The van der Waals surface area contributed by atoms with Crippen molar-refractivity contribution in [3.05, 3.63) is 48.2 Å². The van der Waals surface area contributed by atoms with Crippen molar-refractivity contribution in [1.29, 1.82) is 0 Å². The number of alkyl halides is 3. The molecule has 0 bridgehead atoms. The number of carbonyl (C=O) groups excluding carboxylic acids is 1. The molecule has 0 unspecified atom stereocenters. The third kappa shape index (κ3) is 8.48. The van der Waals surface area contributed by atoms with E-state index in [-0.39, 0.29) is 24.2 Å². The average molecular weight is 590 g/mol. The van der Waals surface area contributed by atoms with Crippen molar-refractivity contribution in [3.63, 3.8) is 0 Å². The standard InChI is InChI=1S/C29H34F3N5O3S/c1-20(38)40-16-15-36-13-10-21(11-14-36)35-25-6-3-7-27-24(25)17-22(37(27)19-29(30,31)32)5-4-12-34-26-9-8-23(41-33)18-28(26)39-2/h3,6-9,17-18,21,34-35H,10-16,19,33H2,1-2H3. The van der Waals surface area contributed by atoms with Gasteiger partial charge in [-0.2, -0.15) is 13.2 Å². The summed E-state index contributed by atoms with van der Waals surface area (Å²) >= 11 is 1.10. The van der Waals surface area contributed by atoms with Crippen LogP contribution in [0.15, 0.2) is 47.4 Å². The van der Waals surface area contributed by atoms with Gasteiger partial charge in [-0.25, -0.2) is 0 Å². The third-order valence-electron chi connectivity index (χ3n) is 6.84. The van der Waals surface area contributed by atoms with Crippen molar-refractivity contribution in [2.75, 3.05) is 50.5 Å². The van der Waals surface area contributed by atoms with Crippen LogP contribution in [-0.4, -0.2) is 67.6 Å². The quantitative estimate of drug-likeness (QED) is 0.171. The van der Waals surface area contributed by atoms with Gasteiger partial charge >= 0.3 is 12.1 Å². The van der Waals surface area contributed by atoms with Gasteiger partial charge in [0.2, 0.25) is 0 Å². The number of nitrogens with one attached hydrogen (secondary N) is 2. The molecule has 1 aliphatic heterocycles. The Morgan fingerprint density at radius 3 is 2.63 bits per heavy atom. The zero-order valence-electron chi connectivity index (χ0n) is 23.0. The van der Waals surface area contributed by atoms with Gasteiger partial charge in [0.15, 0.2) is 0 Å². The van der Waals surface area contributed by atoms with Gasteiger partial charge in [0.25, 0.3) is 0 Å². The normalized spacial score (nSPS) is 14.4. The number of piperidine rings is 1. The Kier molecular flexibility index (Phi) is 10.3. The lowest BCUT2D eigenvalue weighted by Crippen LogP contribution is -2.40. The number of anilines is 2. The molecule has 4 N–H and O–H groups in total. The molecule has 2 aromatic carbocycles. The first-order valence-corrected chi connectivity index (χ1v) is 14.1. The van der Waals surface area contributed by atoms with E-state index in [1.165, 1.54) is 11.5 Å². The second-order valence-electron chi connectivity index (χ2n) is 9.70. The fraction of sp³-hybridized carbons (Fsp3) is 0.414. The fourth-order valence-corrected chi connectivity index (χ4v) is 5.19. The lowest BCUT2D eigenvalue weighted by atomic mass is 10.0. The van der Waals surface area contributed by atoms with Crippen LogP contribution in [-0.2, 0) is 16.1 Å². The molecule has 1 aromatic heterocycles. The second kappa shape index (κ2) is 13.9. The van der Waals surface area contributed by atoms with Crippen LogP contribution in [0.25, 0.3) is 10.9 Å². The van der Waals surface area contributed by atoms with Gasteiger partial charge in [0, 0.05) is 48.6 Å². The Morgan fingerprint density at radius 1 is 1.17 bits per heavy atom. The SMILES string of the molecule is COc1cc(SN)ccc1NCC#Cc1cc2c(NC3CCN(CCOC(C)=O)CC3)cccc2n1CC(F)(F)F. The van der Waals surface area contributed by atoms with Crippen molar-refractivity contribution in [2.24, 2.45) is 5.14 Å². The van der Waals surface area contributed by atoms with E-state index in [1.54, 1.807) is 31.4 Å². The van der Waals surface area contributed by atoms with E-state index < -0.39 is 12.7 Å². The van der Waals surface area contributed by atoms with Crippen LogP contribution in [0.1, 0.15) is 25.5 Å². The number of fused-ring (bicyclic) bond motifs is 1. The molecule has 0 radical (unpaired) electrons. The average Bonchev–Trinajstić information content (AvgIpc) is 3.28. The van der Waals surface area contributed by atoms with Gasteiger partial charge in [0.05, 0.1) is 30.6 Å². The van der Waals surface area contributed by atoms with Gasteiger partial charge < -0.3 is 24.7 Å². The molecule has 1 aliphatic rings. The first-order valence-electron chi connectivity index (χ1n) is 13.3. The predicted octanol–water partition coefficient (Wildman–Crippen LogP) is 5.08. The summed E-state index contributed by atoms with van der Waals surface area (Å²) in [6.45, 7) is 3.20. The Bertz CT molecular complexity index is 1410. The van der Waals surface area contributed by atoms with Crippen LogP contribution in [0, 0.1) is 11.8 Å². The Labute approximate surface area is 241 Å². The zero-order valence-corrected chi connectivity index (χ0v) is 23.8. The van der Waals surface area contributed by atoms with E-state index >= 15 is 0 Å². The molecular formula is C29H34F3N5O3S. The second-order valence-corrected chi connectivity index (χ2v) is 10.4. The third-order valence-corrected chi connectivity index (χ3v) is 7.36. The van der Waals surface area contributed by atoms with Crippen LogP contribution in [0.5, 0.6) is 5.75 Å². The first kappa shape index (κ1) is 30.4. The summed E-state index contributed by atoms with van der Waals surface area (Å²) in [4.78, 5) is 14.1. The summed E-state index contributed by atoms with van der Waals surface area (Å²) in [7, 11) is 1.55. The van der Waals surface area contributed by atoms with Crippen LogP contribution in [0.4, 0.5) is 24.5 Å². The molecule has 41 heavy (non-hydrogen) atoms. The molecule has 0 atom stereocenters. The van der Waals surface area contributed by atoms with Gasteiger partial charge in [-0.1, -0.05) is 12.0 Å². The minimum Gasteiger partial charge on any atom is -0.495 e. The molecule has 1 fully saturated rings. The number of rotatable bonds is 10. The van der Waals surface area contributed by atoms with Gasteiger partial charge in [-0.15, -0.1) is 0 Å². The summed E-state index contributed by atoms with van der Waals surface area (Å²) < 4.78 is 52.4. The maximum atomic E-state index is 13.6. The monoisotopic (exact) mass is 589 g/mol. The summed E-state index contributed by atoms with van der Waals surface area (Å²) in [5, 5.41) is 13.0. The molecule has 0 amide bonds.